The van der Waals surface area contributed by atoms with Gasteiger partial charge in [-0.2, -0.15) is 0 Å². The molecule has 0 aliphatic rings. The number of aromatic amines is 1. The Balaban J connectivity index is 1.58. The van der Waals surface area contributed by atoms with Crippen molar-refractivity contribution < 1.29 is 14.3 Å². The van der Waals surface area contributed by atoms with Crippen LogP contribution in [0.25, 0.3) is 10.9 Å². The molecule has 0 aliphatic heterocycles. The predicted octanol–water partition coefficient (Wildman–Crippen LogP) is 2.45. The monoisotopic (exact) mass is 366 g/mol. The first-order valence-corrected chi connectivity index (χ1v) is 8.68. The number of benzene rings is 2. The highest BCUT2D eigenvalue weighted by Gasteiger charge is 2.07. The van der Waals surface area contributed by atoms with E-state index in [2.05, 4.69) is 10.3 Å². The molecule has 1 aromatic heterocycles. The number of ether oxygens (including phenoxy) is 2. The van der Waals surface area contributed by atoms with Crippen LogP contribution in [0.2, 0.25) is 0 Å². The molecular formula is C21H22N2O4. The second-order valence-electron chi connectivity index (χ2n) is 6.20. The normalized spacial score (nSPS) is 10.6. The van der Waals surface area contributed by atoms with E-state index in [9.17, 15) is 9.59 Å². The van der Waals surface area contributed by atoms with Crippen LogP contribution in [-0.4, -0.2) is 31.7 Å². The second-order valence-corrected chi connectivity index (χ2v) is 6.20. The van der Waals surface area contributed by atoms with E-state index >= 15 is 0 Å². The zero-order valence-corrected chi connectivity index (χ0v) is 15.4. The summed E-state index contributed by atoms with van der Waals surface area (Å²) >= 11 is 0. The molecular weight excluding hydrogens is 344 g/mol. The number of H-pyrrole nitrogens is 1. The summed E-state index contributed by atoms with van der Waals surface area (Å²) in [5.74, 6) is 1.37. The van der Waals surface area contributed by atoms with Crippen molar-refractivity contribution in [3.63, 3.8) is 0 Å². The van der Waals surface area contributed by atoms with Crippen LogP contribution in [0.3, 0.4) is 0 Å². The van der Waals surface area contributed by atoms with Crippen LogP contribution >= 0.6 is 0 Å². The molecule has 27 heavy (non-hydrogen) atoms. The number of methoxy groups -OCH3 is 2. The molecule has 140 valence electrons. The first-order valence-electron chi connectivity index (χ1n) is 8.68. The van der Waals surface area contributed by atoms with E-state index in [-0.39, 0.29) is 17.9 Å². The van der Waals surface area contributed by atoms with E-state index < -0.39 is 0 Å². The number of rotatable bonds is 7. The molecule has 0 saturated carbocycles. The summed E-state index contributed by atoms with van der Waals surface area (Å²) in [6.07, 6.45) is 0.753. The number of pyridine rings is 1. The molecule has 3 aromatic rings. The van der Waals surface area contributed by atoms with Crippen molar-refractivity contribution in [2.75, 3.05) is 20.8 Å². The lowest BCUT2D eigenvalue weighted by molar-refractivity contribution is -0.120. The maximum absolute atomic E-state index is 12.2. The summed E-state index contributed by atoms with van der Waals surface area (Å²) in [7, 11) is 3.19. The zero-order chi connectivity index (χ0) is 19.2. The summed E-state index contributed by atoms with van der Waals surface area (Å²) in [6.45, 7) is 0.403. The summed E-state index contributed by atoms with van der Waals surface area (Å²) in [5.41, 5.74) is 2.12. The lowest BCUT2D eigenvalue weighted by Crippen LogP contribution is -2.28. The minimum atomic E-state index is -0.153. The molecule has 6 heteroatoms. The molecule has 0 atom stereocenters. The van der Waals surface area contributed by atoms with E-state index in [1.54, 1.807) is 20.3 Å². The molecule has 6 nitrogen and oxygen atoms in total. The summed E-state index contributed by atoms with van der Waals surface area (Å²) < 4.78 is 10.3. The van der Waals surface area contributed by atoms with Crippen molar-refractivity contribution >= 4 is 16.8 Å². The molecule has 3 rings (SSSR count). The van der Waals surface area contributed by atoms with Crippen molar-refractivity contribution in [3.8, 4) is 11.5 Å². The van der Waals surface area contributed by atoms with Gasteiger partial charge in [0.1, 0.15) is 11.5 Å². The van der Waals surface area contributed by atoms with E-state index in [0.717, 1.165) is 22.2 Å². The summed E-state index contributed by atoms with van der Waals surface area (Å²) in [6, 6.07) is 14.8. The Kier molecular flexibility index (Phi) is 5.76. The first-order chi connectivity index (χ1) is 13.1. The SMILES string of the molecule is COc1ccc(CC(=O)NCCc2cc3ccc(OC)cc3[nH]c2=O)cc1. The van der Waals surface area contributed by atoms with Gasteiger partial charge >= 0.3 is 0 Å². The number of hydrogen-bond acceptors (Lipinski definition) is 4. The van der Waals surface area contributed by atoms with Gasteiger partial charge in [-0.15, -0.1) is 0 Å². The smallest absolute Gasteiger partial charge is 0.251 e. The summed E-state index contributed by atoms with van der Waals surface area (Å²) in [4.78, 5) is 27.2. The maximum Gasteiger partial charge on any atom is 0.251 e. The van der Waals surface area contributed by atoms with Crippen LogP contribution in [0.1, 0.15) is 11.1 Å². The third kappa shape index (κ3) is 4.67. The summed E-state index contributed by atoms with van der Waals surface area (Å²) in [5, 5.41) is 3.78. The number of carbonyl (C=O) groups excluding carboxylic acids is 1. The number of nitrogens with one attached hydrogen (secondary N) is 2. The third-order valence-corrected chi connectivity index (χ3v) is 4.37. The molecule has 2 N–H and O–H groups in total. The van der Waals surface area contributed by atoms with Crippen molar-refractivity contribution in [2.24, 2.45) is 0 Å². The molecule has 0 aliphatic carbocycles. The van der Waals surface area contributed by atoms with Gasteiger partial charge in [-0.05, 0) is 47.7 Å². The van der Waals surface area contributed by atoms with Gasteiger partial charge in [0.2, 0.25) is 5.91 Å². The first kappa shape index (κ1) is 18.5. The van der Waals surface area contributed by atoms with Gasteiger partial charge in [0, 0.05) is 18.2 Å². The van der Waals surface area contributed by atoms with E-state index in [1.807, 2.05) is 42.5 Å². The molecule has 0 spiro atoms. The van der Waals surface area contributed by atoms with Gasteiger partial charge in [0.15, 0.2) is 0 Å². The second kappa shape index (κ2) is 8.40. The Labute approximate surface area is 157 Å². The highest BCUT2D eigenvalue weighted by Crippen LogP contribution is 2.18. The number of aromatic nitrogens is 1. The molecule has 0 unspecified atom stereocenters. The molecule has 0 fully saturated rings. The van der Waals surface area contributed by atoms with E-state index in [0.29, 0.717) is 24.3 Å². The Morgan fingerprint density at radius 3 is 2.41 bits per heavy atom. The van der Waals surface area contributed by atoms with Gasteiger partial charge in [-0.3, -0.25) is 9.59 Å². The average Bonchev–Trinajstić information content (AvgIpc) is 2.68. The van der Waals surface area contributed by atoms with Crippen molar-refractivity contribution in [3.05, 3.63) is 70.0 Å². The van der Waals surface area contributed by atoms with Crippen LogP contribution in [0.4, 0.5) is 0 Å². The Morgan fingerprint density at radius 2 is 1.70 bits per heavy atom. The third-order valence-electron chi connectivity index (χ3n) is 4.37. The highest BCUT2D eigenvalue weighted by atomic mass is 16.5. The van der Waals surface area contributed by atoms with Gasteiger partial charge in [-0.1, -0.05) is 12.1 Å². The fourth-order valence-electron chi connectivity index (χ4n) is 2.87. The standard InChI is InChI=1S/C21H22N2O4/c1-26-17-6-3-14(4-7-17)11-20(24)22-10-9-16-12-15-5-8-18(27-2)13-19(15)23-21(16)25/h3-8,12-13H,9-11H2,1-2H3,(H,22,24)(H,23,25). The zero-order valence-electron chi connectivity index (χ0n) is 15.4. The number of hydrogen-bond donors (Lipinski definition) is 2. The average molecular weight is 366 g/mol. The van der Waals surface area contributed by atoms with Gasteiger partial charge in [0.05, 0.1) is 26.2 Å². The minimum absolute atomic E-state index is 0.0814. The van der Waals surface area contributed by atoms with Crippen LogP contribution in [0.15, 0.2) is 53.3 Å². The number of fused-ring (bicyclic) bond motifs is 1. The van der Waals surface area contributed by atoms with Crippen LogP contribution in [-0.2, 0) is 17.6 Å². The molecule has 0 saturated heterocycles. The fourth-order valence-corrected chi connectivity index (χ4v) is 2.87. The molecule has 1 amide bonds. The Morgan fingerprint density at radius 1 is 1.00 bits per heavy atom. The van der Waals surface area contributed by atoms with Crippen molar-refractivity contribution in [1.29, 1.82) is 0 Å². The Hall–Kier alpha value is -3.28. The minimum Gasteiger partial charge on any atom is -0.497 e. The van der Waals surface area contributed by atoms with Gasteiger partial charge in [-0.25, -0.2) is 0 Å². The van der Waals surface area contributed by atoms with Crippen molar-refractivity contribution in [2.45, 2.75) is 12.8 Å². The maximum atomic E-state index is 12.2. The fraction of sp³-hybridized carbons (Fsp3) is 0.238. The molecule has 0 radical (unpaired) electrons. The van der Waals surface area contributed by atoms with Gasteiger partial charge in [0.25, 0.3) is 5.56 Å². The van der Waals surface area contributed by atoms with E-state index in [1.165, 1.54) is 0 Å². The van der Waals surface area contributed by atoms with E-state index in [4.69, 9.17) is 9.47 Å². The van der Waals surface area contributed by atoms with Gasteiger partial charge < -0.3 is 19.8 Å². The van der Waals surface area contributed by atoms with Crippen molar-refractivity contribution in [1.82, 2.24) is 10.3 Å². The molecule has 1 heterocycles. The van der Waals surface area contributed by atoms with Crippen LogP contribution in [0, 0.1) is 0 Å². The number of carbonyl (C=O) groups is 1. The highest BCUT2D eigenvalue weighted by molar-refractivity contribution is 5.80. The topological polar surface area (TPSA) is 80.4 Å². The Bertz CT molecular complexity index is 993. The quantitative estimate of drug-likeness (QED) is 0.673. The van der Waals surface area contributed by atoms with Crippen LogP contribution < -0.4 is 20.3 Å². The van der Waals surface area contributed by atoms with Crippen LogP contribution in [0.5, 0.6) is 11.5 Å². The lowest BCUT2D eigenvalue weighted by Gasteiger charge is -2.07. The number of amides is 1. The predicted molar refractivity (Wildman–Crippen MR) is 105 cm³/mol. The molecule has 0 bridgehead atoms. The lowest BCUT2D eigenvalue weighted by atomic mass is 10.1. The molecule has 2 aromatic carbocycles. The largest absolute Gasteiger partial charge is 0.497 e.